The van der Waals surface area contributed by atoms with E-state index in [2.05, 4.69) is 43.3 Å². The van der Waals surface area contributed by atoms with E-state index in [1.165, 1.54) is 0 Å². The number of ether oxygens (including phenoxy) is 1. The molecular formula is C23H21BrClN3O. The van der Waals surface area contributed by atoms with E-state index in [-0.39, 0.29) is 0 Å². The lowest BCUT2D eigenvalue weighted by Crippen LogP contribution is -2.25. The molecule has 0 radical (unpaired) electrons. The first-order valence-corrected chi connectivity index (χ1v) is 10.6. The second-order valence-corrected chi connectivity index (χ2v) is 8.09. The van der Waals surface area contributed by atoms with Crippen molar-refractivity contribution in [2.45, 2.75) is 19.5 Å². The summed E-state index contributed by atoms with van der Waals surface area (Å²) in [7, 11) is 0. The predicted molar refractivity (Wildman–Crippen MR) is 121 cm³/mol. The molecule has 0 atom stereocenters. The van der Waals surface area contributed by atoms with Gasteiger partial charge >= 0.3 is 0 Å². The van der Waals surface area contributed by atoms with Crippen molar-refractivity contribution in [2.24, 2.45) is 0 Å². The van der Waals surface area contributed by atoms with Crippen LogP contribution in [0.3, 0.4) is 0 Å². The first kappa shape index (κ1) is 19.8. The number of hydrogen-bond donors (Lipinski definition) is 1. The van der Waals surface area contributed by atoms with Crippen molar-refractivity contribution in [2.75, 3.05) is 6.61 Å². The molecule has 4 aromatic rings. The number of fused-ring (bicyclic) bond motifs is 1. The summed E-state index contributed by atoms with van der Waals surface area (Å²) in [5, 5.41) is 9.47. The SMILES string of the molecule is N=c1n(CCCOc2ccc(Cl)cc2)c2ccccc2n1Cc1ccccc1Br. The Hall–Kier alpha value is -2.50. The first-order chi connectivity index (χ1) is 14.1. The molecular weight excluding hydrogens is 450 g/mol. The van der Waals surface area contributed by atoms with Crippen LogP contribution in [0.4, 0.5) is 0 Å². The van der Waals surface area contributed by atoms with E-state index in [0.717, 1.165) is 39.8 Å². The van der Waals surface area contributed by atoms with Gasteiger partial charge in [0.25, 0.3) is 0 Å². The highest BCUT2D eigenvalue weighted by atomic mass is 79.9. The lowest BCUT2D eigenvalue weighted by molar-refractivity contribution is 0.301. The van der Waals surface area contributed by atoms with Crippen molar-refractivity contribution in [3.63, 3.8) is 0 Å². The lowest BCUT2D eigenvalue weighted by atomic mass is 10.2. The molecule has 1 heterocycles. The number of halogens is 2. The molecule has 0 saturated heterocycles. The van der Waals surface area contributed by atoms with Gasteiger partial charge in [0.15, 0.2) is 0 Å². The van der Waals surface area contributed by atoms with Crippen LogP contribution in [0.15, 0.2) is 77.3 Å². The first-order valence-electron chi connectivity index (χ1n) is 9.48. The van der Waals surface area contributed by atoms with Gasteiger partial charge in [-0.2, -0.15) is 0 Å². The maximum absolute atomic E-state index is 8.77. The standard InChI is InChI=1S/C23H21BrClN3O/c24-20-7-2-1-6-17(20)16-28-22-9-4-3-8-21(22)27(23(28)26)14-5-15-29-19-12-10-18(25)11-13-19/h1-4,6-13,26H,5,14-16H2. The van der Waals surface area contributed by atoms with Crippen molar-refractivity contribution in [1.29, 1.82) is 5.41 Å². The number of aromatic nitrogens is 2. The van der Waals surface area contributed by atoms with E-state index in [1.807, 2.05) is 54.6 Å². The van der Waals surface area contributed by atoms with Gasteiger partial charge in [-0.3, -0.25) is 5.41 Å². The molecule has 6 heteroatoms. The monoisotopic (exact) mass is 469 g/mol. The van der Waals surface area contributed by atoms with Gasteiger partial charge in [0.05, 0.1) is 24.2 Å². The third-order valence-electron chi connectivity index (χ3n) is 4.87. The Bertz CT molecular complexity index is 1180. The fourth-order valence-electron chi connectivity index (χ4n) is 3.42. The molecule has 0 aliphatic heterocycles. The quantitative estimate of drug-likeness (QED) is 0.338. The topological polar surface area (TPSA) is 42.9 Å². The second kappa shape index (κ2) is 8.89. The highest BCUT2D eigenvalue weighted by Gasteiger charge is 2.11. The summed E-state index contributed by atoms with van der Waals surface area (Å²) in [6.07, 6.45) is 0.808. The molecule has 0 aliphatic carbocycles. The van der Waals surface area contributed by atoms with Crippen molar-refractivity contribution in [3.8, 4) is 5.75 Å². The van der Waals surface area contributed by atoms with Gasteiger partial charge in [-0.15, -0.1) is 0 Å². The number of imidazole rings is 1. The zero-order chi connectivity index (χ0) is 20.2. The van der Waals surface area contributed by atoms with E-state index in [1.54, 1.807) is 0 Å². The third kappa shape index (κ3) is 4.41. The summed E-state index contributed by atoms with van der Waals surface area (Å²) in [5.74, 6) is 0.807. The average Bonchev–Trinajstić information content (AvgIpc) is 3.00. The Morgan fingerprint density at radius 3 is 2.24 bits per heavy atom. The number of benzene rings is 3. The second-order valence-electron chi connectivity index (χ2n) is 6.80. The van der Waals surface area contributed by atoms with Crippen LogP contribution in [0.2, 0.25) is 5.02 Å². The highest BCUT2D eigenvalue weighted by molar-refractivity contribution is 9.10. The van der Waals surface area contributed by atoms with Crippen LogP contribution >= 0.6 is 27.5 Å². The Labute approximate surface area is 183 Å². The Kier molecular flexibility index (Phi) is 6.07. The minimum atomic E-state index is 0.494. The van der Waals surface area contributed by atoms with Gasteiger partial charge in [0.1, 0.15) is 5.75 Å². The zero-order valence-corrected chi connectivity index (χ0v) is 18.2. The number of nitrogens with zero attached hydrogens (tertiary/aromatic N) is 2. The molecule has 1 aromatic heterocycles. The summed E-state index contributed by atoms with van der Waals surface area (Å²) in [5.41, 5.74) is 3.77. The molecule has 1 N–H and O–H groups in total. The van der Waals surface area contributed by atoms with Gasteiger partial charge in [-0.1, -0.05) is 57.9 Å². The molecule has 0 fully saturated rings. The summed E-state index contributed by atoms with van der Waals surface area (Å²) < 4.78 is 11.0. The Morgan fingerprint density at radius 1 is 0.862 bits per heavy atom. The third-order valence-corrected chi connectivity index (χ3v) is 5.89. The van der Waals surface area contributed by atoms with Crippen molar-refractivity contribution >= 4 is 38.6 Å². The average molecular weight is 471 g/mol. The largest absolute Gasteiger partial charge is 0.494 e. The van der Waals surface area contributed by atoms with Crippen molar-refractivity contribution in [3.05, 3.63) is 93.5 Å². The molecule has 148 valence electrons. The molecule has 0 amide bonds. The van der Waals surface area contributed by atoms with Gasteiger partial charge < -0.3 is 13.9 Å². The number of aryl methyl sites for hydroxylation is 1. The Morgan fingerprint density at radius 2 is 1.52 bits per heavy atom. The van der Waals surface area contributed by atoms with Crippen LogP contribution in [-0.4, -0.2) is 15.7 Å². The maximum atomic E-state index is 8.77. The normalized spacial score (nSPS) is 11.1. The molecule has 29 heavy (non-hydrogen) atoms. The van der Waals surface area contributed by atoms with Gasteiger partial charge in [-0.05, 0) is 54.4 Å². The summed E-state index contributed by atoms with van der Waals surface area (Å²) in [4.78, 5) is 0. The van der Waals surface area contributed by atoms with Gasteiger partial charge in [0, 0.05) is 16.0 Å². The zero-order valence-electron chi connectivity index (χ0n) is 15.8. The molecule has 4 nitrogen and oxygen atoms in total. The molecule has 0 aliphatic rings. The van der Waals surface area contributed by atoms with Gasteiger partial charge in [0.2, 0.25) is 5.62 Å². The highest BCUT2D eigenvalue weighted by Crippen LogP contribution is 2.20. The fraction of sp³-hybridized carbons (Fsp3) is 0.174. The molecule has 0 spiro atoms. The molecule has 0 bridgehead atoms. The fourth-order valence-corrected chi connectivity index (χ4v) is 3.96. The number of hydrogen-bond acceptors (Lipinski definition) is 2. The minimum absolute atomic E-state index is 0.494. The van der Waals surface area contributed by atoms with Crippen LogP contribution in [0.1, 0.15) is 12.0 Å². The van der Waals surface area contributed by atoms with E-state index in [4.69, 9.17) is 21.7 Å². The van der Waals surface area contributed by atoms with Gasteiger partial charge in [-0.25, -0.2) is 0 Å². The lowest BCUT2D eigenvalue weighted by Gasteiger charge is -2.08. The van der Waals surface area contributed by atoms with Crippen LogP contribution in [0.5, 0.6) is 5.75 Å². The molecule has 4 rings (SSSR count). The van der Waals surface area contributed by atoms with E-state index in [0.29, 0.717) is 23.8 Å². The van der Waals surface area contributed by atoms with Crippen molar-refractivity contribution in [1.82, 2.24) is 9.13 Å². The van der Waals surface area contributed by atoms with Crippen LogP contribution < -0.4 is 10.4 Å². The predicted octanol–water partition coefficient (Wildman–Crippen LogP) is 5.86. The van der Waals surface area contributed by atoms with E-state index >= 15 is 0 Å². The molecule has 0 saturated carbocycles. The summed E-state index contributed by atoms with van der Waals surface area (Å²) >= 11 is 9.53. The number of rotatable bonds is 7. The minimum Gasteiger partial charge on any atom is -0.494 e. The summed E-state index contributed by atoms with van der Waals surface area (Å²) in [6, 6.07) is 23.7. The number of nitrogens with one attached hydrogen (secondary N) is 1. The number of para-hydroxylation sites is 2. The smallest absolute Gasteiger partial charge is 0.203 e. The van der Waals surface area contributed by atoms with Crippen LogP contribution in [-0.2, 0) is 13.1 Å². The Balaban J connectivity index is 1.53. The van der Waals surface area contributed by atoms with Crippen molar-refractivity contribution < 1.29 is 4.74 Å². The van der Waals surface area contributed by atoms with E-state index in [9.17, 15) is 0 Å². The van der Waals surface area contributed by atoms with Crippen LogP contribution in [0.25, 0.3) is 11.0 Å². The van der Waals surface area contributed by atoms with Crippen LogP contribution in [0, 0.1) is 5.41 Å². The molecule has 0 unspecified atom stereocenters. The molecule has 3 aromatic carbocycles. The summed E-state index contributed by atoms with van der Waals surface area (Å²) in [6.45, 7) is 1.95. The maximum Gasteiger partial charge on any atom is 0.203 e. The van der Waals surface area contributed by atoms with E-state index < -0.39 is 0 Å².